The van der Waals surface area contributed by atoms with E-state index in [-0.39, 0.29) is 24.1 Å². The number of rotatable bonds is 9. The summed E-state index contributed by atoms with van der Waals surface area (Å²) in [6.07, 6.45) is 0.807. The molecule has 0 unspecified atom stereocenters. The fraction of sp³-hybridized carbons (Fsp3) is 0.263. The van der Waals surface area contributed by atoms with Gasteiger partial charge in [0.1, 0.15) is 11.6 Å². The predicted molar refractivity (Wildman–Crippen MR) is 96.7 cm³/mol. The van der Waals surface area contributed by atoms with Gasteiger partial charge in [0.05, 0.1) is 0 Å². The number of amides is 1. The Morgan fingerprint density at radius 1 is 1.08 bits per heavy atom. The zero-order valence-electron chi connectivity index (χ0n) is 14.0. The number of nitrogens with one attached hydrogen (secondary N) is 1. The van der Waals surface area contributed by atoms with Gasteiger partial charge in [0.2, 0.25) is 0 Å². The van der Waals surface area contributed by atoms with Crippen LogP contribution in [0.25, 0.3) is 0 Å². The number of carbonyl (C=O) groups excluding carboxylic acids is 2. The summed E-state index contributed by atoms with van der Waals surface area (Å²) in [5.74, 6) is 0.934. The zero-order valence-corrected chi connectivity index (χ0v) is 14.8. The van der Waals surface area contributed by atoms with Crippen LogP contribution in [0.4, 0.5) is 4.39 Å². The first kappa shape index (κ1) is 19.0. The third-order valence-electron chi connectivity index (χ3n) is 3.36. The van der Waals surface area contributed by atoms with Crippen molar-refractivity contribution in [3.8, 4) is 5.75 Å². The normalized spacial score (nSPS) is 10.3. The Bertz CT molecular complexity index is 702. The first-order chi connectivity index (χ1) is 12.0. The Morgan fingerprint density at radius 2 is 1.76 bits per heavy atom. The fourth-order valence-corrected chi connectivity index (χ4v) is 2.86. The molecule has 1 amide bonds. The third-order valence-corrected chi connectivity index (χ3v) is 4.45. The van der Waals surface area contributed by atoms with E-state index < -0.39 is 0 Å². The van der Waals surface area contributed by atoms with Crippen molar-refractivity contribution < 1.29 is 18.7 Å². The van der Waals surface area contributed by atoms with Gasteiger partial charge in [0.15, 0.2) is 12.4 Å². The average Bonchev–Trinajstić information content (AvgIpc) is 2.61. The molecule has 2 rings (SSSR count). The lowest BCUT2D eigenvalue weighted by Gasteiger charge is -2.08. The van der Waals surface area contributed by atoms with Crippen LogP contribution < -0.4 is 10.1 Å². The minimum atomic E-state index is -0.243. The number of hydrogen-bond donors (Lipinski definition) is 1. The highest BCUT2D eigenvalue weighted by atomic mass is 32.2. The first-order valence-corrected chi connectivity index (χ1v) is 8.92. The summed E-state index contributed by atoms with van der Waals surface area (Å²) in [5.41, 5.74) is 0.607. The highest BCUT2D eigenvalue weighted by Gasteiger charge is 2.04. The molecule has 0 saturated heterocycles. The summed E-state index contributed by atoms with van der Waals surface area (Å²) in [5, 5.41) is 2.79. The Kier molecular flexibility index (Phi) is 7.47. The van der Waals surface area contributed by atoms with Gasteiger partial charge < -0.3 is 10.1 Å². The zero-order chi connectivity index (χ0) is 18.1. The molecular weight excluding hydrogens is 341 g/mol. The summed E-state index contributed by atoms with van der Waals surface area (Å²) in [4.78, 5) is 23.9. The van der Waals surface area contributed by atoms with Crippen molar-refractivity contribution in [3.05, 3.63) is 59.9 Å². The SMILES string of the molecule is CC(=O)c1ccc(OCC(=O)NCCCSc2ccc(F)cc2)cc1. The van der Waals surface area contributed by atoms with E-state index in [1.165, 1.54) is 19.1 Å². The first-order valence-electron chi connectivity index (χ1n) is 7.93. The minimum absolute atomic E-state index is 0.0113. The number of ether oxygens (including phenoxy) is 1. The van der Waals surface area contributed by atoms with Crippen LogP contribution in [0.5, 0.6) is 5.75 Å². The minimum Gasteiger partial charge on any atom is -0.484 e. The largest absolute Gasteiger partial charge is 0.484 e. The number of Topliss-reactive ketones (excluding diaryl/α,β-unsaturated/α-hetero) is 1. The van der Waals surface area contributed by atoms with Crippen LogP contribution in [-0.2, 0) is 4.79 Å². The summed E-state index contributed by atoms with van der Waals surface area (Å²) >= 11 is 1.62. The highest BCUT2D eigenvalue weighted by molar-refractivity contribution is 7.99. The van der Waals surface area contributed by atoms with E-state index in [0.717, 1.165) is 17.1 Å². The lowest BCUT2D eigenvalue weighted by molar-refractivity contribution is -0.123. The molecule has 1 N–H and O–H groups in total. The van der Waals surface area contributed by atoms with Gasteiger partial charge in [0, 0.05) is 17.0 Å². The van der Waals surface area contributed by atoms with Crippen molar-refractivity contribution in [3.63, 3.8) is 0 Å². The van der Waals surface area contributed by atoms with E-state index in [1.807, 2.05) is 0 Å². The van der Waals surface area contributed by atoms with Gasteiger partial charge in [-0.1, -0.05) is 0 Å². The van der Waals surface area contributed by atoms with Gasteiger partial charge in [-0.15, -0.1) is 11.8 Å². The monoisotopic (exact) mass is 361 g/mol. The molecule has 0 spiro atoms. The maximum atomic E-state index is 12.8. The smallest absolute Gasteiger partial charge is 0.257 e. The summed E-state index contributed by atoms with van der Waals surface area (Å²) in [7, 11) is 0. The third kappa shape index (κ3) is 6.97. The topological polar surface area (TPSA) is 55.4 Å². The Hall–Kier alpha value is -2.34. The van der Waals surface area contributed by atoms with E-state index in [0.29, 0.717) is 17.9 Å². The Morgan fingerprint density at radius 3 is 2.40 bits per heavy atom. The van der Waals surface area contributed by atoms with Crippen molar-refractivity contribution in [2.24, 2.45) is 0 Å². The molecule has 4 nitrogen and oxygen atoms in total. The molecule has 0 heterocycles. The lowest BCUT2D eigenvalue weighted by atomic mass is 10.1. The predicted octanol–water partition coefficient (Wildman–Crippen LogP) is 3.71. The van der Waals surface area contributed by atoms with Crippen LogP contribution in [0.1, 0.15) is 23.7 Å². The molecule has 0 aromatic heterocycles. The molecule has 2 aromatic carbocycles. The van der Waals surface area contributed by atoms with E-state index in [9.17, 15) is 14.0 Å². The second-order valence-electron chi connectivity index (χ2n) is 5.38. The second-order valence-corrected chi connectivity index (χ2v) is 6.54. The van der Waals surface area contributed by atoms with E-state index in [1.54, 1.807) is 48.2 Å². The van der Waals surface area contributed by atoms with E-state index in [4.69, 9.17) is 4.74 Å². The van der Waals surface area contributed by atoms with Crippen molar-refractivity contribution in [1.29, 1.82) is 0 Å². The van der Waals surface area contributed by atoms with Crippen molar-refractivity contribution in [2.75, 3.05) is 18.9 Å². The van der Waals surface area contributed by atoms with Crippen LogP contribution in [0.15, 0.2) is 53.4 Å². The standard InChI is InChI=1S/C19H20FNO3S/c1-14(22)15-3-7-17(8-4-15)24-13-19(23)21-11-2-12-25-18-9-5-16(20)6-10-18/h3-10H,2,11-13H2,1H3,(H,21,23). The maximum absolute atomic E-state index is 12.8. The highest BCUT2D eigenvalue weighted by Crippen LogP contribution is 2.18. The van der Waals surface area contributed by atoms with Crippen molar-refractivity contribution in [2.45, 2.75) is 18.2 Å². The van der Waals surface area contributed by atoms with Crippen LogP contribution in [0, 0.1) is 5.82 Å². The molecule has 25 heavy (non-hydrogen) atoms. The second kappa shape index (κ2) is 9.84. The van der Waals surface area contributed by atoms with Crippen LogP contribution in [-0.4, -0.2) is 30.6 Å². The van der Waals surface area contributed by atoms with Crippen LogP contribution in [0.2, 0.25) is 0 Å². The number of thioether (sulfide) groups is 1. The lowest BCUT2D eigenvalue weighted by Crippen LogP contribution is -2.29. The Balaban J connectivity index is 1.59. The molecule has 0 aliphatic rings. The molecule has 6 heteroatoms. The molecule has 0 aliphatic heterocycles. The number of halogens is 1. The molecular formula is C19H20FNO3S. The van der Waals surface area contributed by atoms with Crippen molar-refractivity contribution in [1.82, 2.24) is 5.32 Å². The quantitative estimate of drug-likeness (QED) is 0.420. The molecule has 0 aliphatic carbocycles. The van der Waals surface area contributed by atoms with Gasteiger partial charge in [0.25, 0.3) is 5.91 Å². The molecule has 0 radical (unpaired) electrons. The van der Waals surface area contributed by atoms with Crippen LogP contribution in [0.3, 0.4) is 0 Å². The van der Waals surface area contributed by atoms with Crippen LogP contribution >= 0.6 is 11.8 Å². The van der Waals surface area contributed by atoms with Gasteiger partial charge in [-0.3, -0.25) is 9.59 Å². The van der Waals surface area contributed by atoms with Gasteiger partial charge in [-0.2, -0.15) is 0 Å². The molecule has 2 aromatic rings. The number of carbonyl (C=O) groups is 2. The maximum Gasteiger partial charge on any atom is 0.257 e. The van der Waals surface area contributed by atoms with Gasteiger partial charge in [-0.05, 0) is 67.6 Å². The van der Waals surface area contributed by atoms with E-state index >= 15 is 0 Å². The molecule has 0 saturated carbocycles. The molecule has 0 atom stereocenters. The molecule has 132 valence electrons. The van der Waals surface area contributed by atoms with Gasteiger partial charge >= 0.3 is 0 Å². The number of hydrogen-bond acceptors (Lipinski definition) is 4. The van der Waals surface area contributed by atoms with E-state index in [2.05, 4.69) is 5.32 Å². The van der Waals surface area contributed by atoms with Gasteiger partial charge in [-0.25, -0.2) is 4.39 Å². The fourth-order valence-electron chi connectivity index (χ4n) is 2.01. The summed E-state index contributed by atoms with van der Waals surface area (Å²) in [6, 6.07) is 13.0. The van der Waals surface area contributed by atoms with Crippen molar-refractivity contribution >= 4 is 23.5 Å². The Labute approximate surface area is 150 Å². The summed E-state index contributed by atoms with van der Waals surface area (Å²) in [6.45, 7) is 1.99. The molecule has 0 fully saturated rings. The molecule has 0 bridgehead atoms. The average molecular weight is 361 g/mol. The number of benzene rings is 2. The summed E-state index contributed by atoms with van der Waals surface area (Å²) < 4.78 is 18.2. The number of ketones is 1.